The van der Waals surface area contributed by atoms with E-state index in [1.54, 1.807) is 0 Å². The highest BCUT2D eigenvalue weighted by molar-refractivity contribution is 5.66. The van der Waals surface area contributed by atoms with Crippen LogP contribution in [0.1, 0.15) is 225 Å². The van der Waals surface area contributed by atoms with Crippen LogP contribution in [0.3, 0.4) is 0 Å². The summed E-state index contributed by atoms with van der Waals surface area (Å²) >= 11 is 0. The van der Waals surface area contributed by atoms with Gasteiger partial charge in [-0.2, -0.15) is 0 Å². The molecular formula is C39H75N3O4. The maximum absolute atomic E-state index is 10.5. The Kier molecular flexibility index (Phi) is 36.3. The van der Waals surface area contributed by atoms with Gasteiger partial charge in [0.15, 0.2) is 0 Å². The summed E-state index contributed by atoms with van der Waals surface area (Å²) in [6, 6.07) is 0. The van der Waals surface area contributed by atoms with Crippen LogP contribution in [0.4, 0.5) is 0 Å². The largest absolute Gasteiger partial charge is 0.481 e. The normalized spacial score (nSPS) is 11.8. The molecule has 0 aliphatic rings. The fourth-order valence-electron chi connectivity index (χ4n) is 6.67. The molecule has 7 nitrogen and oxygen atoms in total. The molecule has 1 unspecified atom stereocenters. The molecular weight excluding hydrogens is 574 g/mol. The molecule has 0 saturated carbocycles. The van der Waals surface area contributed by atoms with Gasteiger partial charge in [-0.3, -0.25) is 9.59 Å². The zero-order valence-electron chi connectivity index (χ0n) is 30.1. The topological polar surface area (TPSA) is 123 Å². The van der Waals surface area contributed by atoms with Crippen molar-refractivity contribution < 1.29 is 19.8 Å². The number of azide groups is 1. The summed E-state index contributed by atoms with van der Waals surface area (Å²) in [5, 5.41) is 21.2. The molecule has 270 valence electrons. The number of aliphatic carboxylic acids is 2. The van der Waals surface area contributed by atoms with Crippen molar-refractivity contribution in [1.29, 1.82) is 0 Å². The van der Waals surface area contributed by atoms with Gasteiger partial charge in [-0.05, 0) is 24.3 Å². The molecule has 1 atom stereocenters. The van der Waals surface area contributed by atoms with Crippen molar-refractivity contribution in [3.8, 4) is 0 Å². The standard InChI is InChI=1S/C39H75N3O4/c40-42-41-36-37(33-29-25-21-17-13-9-5-3-7-11-15-19-23-27-31-35-39(45)46)32-28-24-20-16-12-8-4-1-2-6-10-14-18-22-26-30-34-38(43)44/h37H,1-36H2,(H,43,44)(H,45,46). The van der Waals surface area contributed by atoms with Gasteiger partial charge < -0.3 is 10.2 Å². The molecule has 46 heavy (non-hydrogen) atoms. The zero-order valence-corrected chi connectivity index (χ0v) is 30.1. The van der Waals surface area contributed by atoms with Crippen LogP contribution < -0.4 is 0 Å². The Morgan fingerprint density at radius 2 is 0.630 bits per heavy atom. The molecule has 0 aliphatic carbocycles. The molecule has 7 heteroatoms. The van der Waals surface area contributed by atoms with Gasteiger partial charge in [0, 0.05) is 24.3 Å². The molecule has 0 fully saturated rings. The van der Waals surface area contributed by atoms with Crippen LogP contribution >= 0.6 is 0 Å². The summed E-state index contributed by atoms with van der Waals surface area (Å²) in [5.41, 5.74) is 8.80. The van der Waals surface area contributed by atoms with E-state index in [9.17, 15) is 9.59 Å². The molecule has 0 heterocycles. The van der Waals surface area contributed by atoms with E-state index in [2.05, 4.69) is 10.0 Å². The summed E-state index contributed by atoms with van der Waals surface area (Å²) in [7, 11) is 0. The number of rotatable bonds is 39. The number of carboxylic acids is 2. The predicted molar refractivity (Wildman–Crippen MR) is 194 cm³/mol. The molecule has 0 rings (SSSR count). The highest BCUT2D eigenvalue weighted by Crippen LogP contribution is 2.21. The molecule has 2 N–H and O–H groups in total. The second-order valence-electron chi connectivity index (χ2n) is 14.1. The van der Waals surface area contributed by atoms with E-state index < -0.39 is 11.9 Å². The minimum Gasteiger partial charge on any atom is -0.481 e. The van der Waals surface area contributed by atoms with E-state index in [1.807, 2.05) is 0 Å². The first-order chi connectivity index (χ1) is 22.6. The summed E-state index contributed by atoms with van der Waals surface area (Å²) in [6.07, 6.45) is 42.7. The smallest absolute Gasteiger partial charge is 0.303 e. The second kappa shape index (κ2) is 37.7. The summed E-state index contributed by atoms with van der Waals surface area (Å²) < 4.78 is 0. The number of carboxylic acid groups (broad SMARTS) is 2. The molecule has 0 saturated heterocycles. The van der Waals surface area contributed by atoms with Crippen molar-refractivity contribution in [1.82, 2.24) is 0 Å². The third-order valence-electron chi connectivity index (χ3n) is 9.66. The second-order valence-corrected chi connectivity index (χ2v) is 14.1. The van der Waals surface area contributed by atoms with Crippen LogP contribution in [0.25, 0.3) is 10.4 Å². The Labute approximate surface area is 284 Å². The number of nitrogens with zero attached hydrogens (tertiary/aromatic N) is 3. The van der Waals surface area contributed by atoms with Crippen molar-refractivity contribution >= 4 is 11.9 Å². The van der Waals surface area contributed by atoms with Crippen LogP contribution in [-0.4, -0.2) is 28.7 Å². The lowest BCUT2D eigenvalue weighted by molar-refractivity contribution is -0.138. The molecule has 0 amide bonds. The van der Waals surface area contributed by atoms with Crippen LogP contribution in [0.5, 0.6) is 0 Å². The maximum atomic E-state index is 10.5. The molecule has 0 aromatic rings. The van der Waals surface area contributed by atoms with E-state index >= 15 is 0 Å². The van der Waals surface area contributed by atoms with Gasteiger partial charge in [0.2, 0.25) is 0 Å². The first-order valence-electron chi connectivity index (χ1n) is 20.0. The van der Waals surface area contributed by atoms with Crippen LogP contribution in [-0.2, 0) is 9.59 Å². The van der Waals surface area contributed by atoms with E-state index in [-0.39, 0.29) is 0 Å². The number of carbonyl (C=O) groups is 2. The third-order valence-corrected chi connectivity index (χ3v) is 9.66. The van der Waals surface area contributed by atoms with Crippen molar-refractivity contribution in [2.75, 3.05) is 6.54 Å². The monoisotopic (exact) mass is 650 g/mol. The van der Waals surface area contributed by atoms with Gasteiger partial charge in [-0.1, -0.05) is 204 Å². The lowest BCUT2D eigenvalue weighted by Gasteiger charge is -2.14. The molecule has 0 bridgehead atoms. The van der Waals surface area contributed by atoms with Crippen LogP contribution in [0.2, 0.25) is 0 Å². The molecule has 0 spiro atoms. The van der Waals surface area contributed by atoms with Crippen molar-refractivity contribution in [3.05, 3.63) is 10.4 Å². The first kappa shape index (κ1) is 44.2. The van der Waals surface area contributed by atoms with Gasteiger partial charge >= 0.3 is 11.9 Å². The highest BCUT2D eigenvalue weighted by atomic mass is 16.4. The highest BCUT2D eigenvalue weighted by Gasteiger charge is 2.08. The SMILES string of the molecule is [N-]=[N+]=NCC(CCCCCCCCCCCCCCCCCCC(=O)O)CCCCCCCCCCCCCCCCCC(=O)O. The summed E-state index contributed by atoms with van der Waals surface area (Å²) in [5.74, 6) is -0.765. The van der Waals surface area contributed by atoms with Gasteiger partial charge in [-0.25, -0.2) is 0 Å². The van der Waals surface area contributed by atoms with Gasteiger partial charge in [0.1, 0.15) is 0 Å². The maximum Gasteiger partial charge on any atom is 0.303 e. The Morgan fingerprint density at radius 3 is 0.848 bits per heavy atom. The average Bonchev–Trinajstić information content (AvgIpc) is 3.03. The van der Waals surface area contributed by atoms with Crippen LogP contribution in [0, 0.1) is 5.92 Å². The van der Waals surface area contributed by atoms with E-state index in [1.165, 1.54) is 186 Å². The fourth-order valence-corrected chi connectivity index (χ4v) is 6.67. The number of unbranched alkanes of at least 4 members (excludes halogenated alkanes) is 29. The molecule has 0 radical (unpaired) electrons. The Morgan fingerprint density at radius 1 is 0.413 bits per heavy atom. The van der Waals surface area contributed by atoms with Gasteiger partial charge in [-0.15, -0.1) is 0 Å². The van der Waals surface area contributed by atoms with Gasteiger partial charge in [0.05, 0.1) is 0 Å². The van der Waals surface area contributed by atoms with Crippen LogP contribution in [0.15, 0.2) is 5.11 Å². The van der Waals surface area contributed by atoms with E-state index in [4.69, 9.17) is 15.7 Å². The summed E-state index contributed by atoms with van der Waals surface area (Å²) in [6.45, 7) is 0.675. The average molecular weight is 650 g/mol. The van der Waals surface area contributed by atoms with Crippen molar-refractivity contribution in [2.45, 2.75) is 225 Å². The Balaban J connectivity index is 3.46. The van der Waals surface area contributed by atoms with Crippen molar-refractivity contribution in [2.24, 2.45) is 11.0 Å². The number of hydrogen-bond donors (Lipinski definition) is 2. The zero-order chi connectivity index (χ0) is 33.6. The van der Waals surface area contributed by atoms with E-state index in [0.29, 0.717) is 25.3 Å². The Hall–Kier alpha value is -1.75. The first-order valence-corrected chi connectivity index (χ1v) is 20.0. The van der Waals surface area contributed by atoms with E-state index in [0.717, 1.165) is 25.7 Å². The quantitative estimate of drug-likeness (QED) is 0.0297. The predicted octanol–water partition coefficient (Wildman–Crippen LogP) is 13.7. The third kappa shape index (κ3) is 38.4. The molecule has 0 aromatic carbocycles. The minimum absolute atomic E-state index is 0.324. The lowest BCUT2D eigenvalue weighted by atomic mass is 9.94. The minimum atomic E-state index is -0.666. The lowest BCUT2D eigenvalue weighted by Crippen LogP contribution is -2.04. The molecule has 0 aromatic heterocycles. The fraction of sp³-hybridized carbons (Fsp3) is 0.949. The summed E-state index contributed by atoms with van der Waals surface area (Å²) in [4.78, 5) is 24.0. The van der Waals surface area contributed by atoms with Crippen molar-refractivity contribution in [3.63, 3.8) is 0 Å². The molecule has 0 aliphatic heterocycles. The Bertz CT molecular complexity index is 711. The number of hydrogen-bond acceptors (Lipinski definition) is 3. The van der Waals surface area contributed by atoms with Gasteiger partial charge in [0.25, 0.3) is 0 Å².